The van der Waals surface area contributed by atoms with Crippen LogP contribution < -0.4 is 10.1 Å². The second kappa shape index (κ2) is 7.56. The molecule has 1 aromatic carbocycles. The zero-order chi connectivity index (χ0) is 23.6. The van der Waals surface area contributed by atoms with E-state index < -0.39 is 41.5 Å². The van der Waals surface area contributed by atoms with Gasteiger partial charge in [-0.2, -0.15) is 0 Å². The quantitative estimate of drug-likeness (QED) is 0.686. The van der Waals surface area contributed by atoms with Crippen LogP contribution in [-0.2, 0) is 25.7 Å². The van der Waals surface area contributed by atoms with Gasteiger partial charge in [-0.25, -0.2) is 0 Å². The van der Waals surface area contributed by atoms with Gasteiger partial charge < -0.3 is 24.1 Å². The highest BCUT2D eigenvalue weighted by atomic mass is 16.5. The van der Waals surface area contributed by atoms with Crippen molar-refractivity contribution in [2.24, 2.45) is 17.8 Å². The van der Waals surface area contributed by atoms with Crippen molar-refractivity contribution in [1.29, 1.82) is 0 Å². The predicted molar refractivity (Wildman–Crippen MR) is 119 cm³/mol. The van der Waals surface area contributed by atoms with Crippen LogP contribution in [0.3, 0.4) is 0 Å². The molecule has 3 fully saturated rings. The van der Waals surface area contributed by atoms with Crippen LogP contribution in [0.5, 0.6) is 5.75 Å². The molecule has 0 saturated carbocycles. The van der Waals surface area contributed by atoms with Crippen molar-refractivity contribution in [3.05, 3.63) is 66.1 Å². The number of hydrogen-bond donors (Lipinski definition) is 1. The van der Waals surface area contributed by atoms with Crippen LogP contribution in [0.1, 0.15) is 30.7 Å². The maximum atomic E-state index is 13.9. The molecule has 0 radical (unpaired) electrons. The molecule has 4 aliphatic heterocycles. The molecule has 8 nitrogen and oxygen atoms in total. The first kappa shape index (κ1) is 21.2. The number of fused-ring (bicyclic) bond motifs is 2. The minimum absolute atomic E-state index is 0.0679. The van der Waals surface area contributed by atoms with Gasteiger partial charge in [0.2, 0.25) is 11.8 Å². The van der Waals surface area contributed by atoms with Gasteiger partial charge >= 0.3 is 0 Å². The molecular weight excluding hydrogens is 436 g/mol. The lowest BCUT2D eigenvalue weighted by atomic mass is 9.70. The smallest absolute Gasteiger partial charge is 0.230 e. The van der Waals surface area contributed by atoms with Crippen LogP contribution in [0.4, 0.5) is 0 Å². The summed E-state index contributed by atoms with van der Waals surface area (Å²) in [7, 11) is 1.60. The largest absolute Gasteiger partial charge is 0.497 e. The maximum Gasteiger partial charge on any atom is 0.230 e. The van der Waals surface area contributed by atoms with Crippen LogP contribution in [0.15, 0.2) is 59.2 Å². The number of amides is 2. The van der Waals surface area contributed by atoms with Crippen molar-refractivity contribution < 1.29 is 28.3 Å². The summed E-state index contributed by atoms with van der Waals surface area (Å²) >= 11 is 0. The van der Waals surface area contributed by atoms with Crippen LogP contribution in [0.25, 0.3) is 0 Å². The van der Waals surface area contributed by atoms with E-state index in [0.717, 1.165) is 11.3 Å². The number of ketones is 1. The van der Waals surface area contributed by atoms with E-state index in [1.807, 2.05) is 43.3 Å². The second-order valence-electron chi connectivity index (χ2n) is 9.55. The zero-order valence-corrected chi connectivity index (χ0v) is 19.0. The molecule has 1 N–H and O–H groups in total. The Hall–Kier alpha value is -3.39. The number of carbonyl (C=O) groups excluding carboxylic acids is 3. The molecule has 8 heteroatoms. The number of rotatable bonds is 5. The number of Topliss-reactive ketones (excluding diaryl/α,β-unsaturated/α-hetero) is 1. The number of carbonyl (C=O) groups is 3. The minimum atomic E-state index is -0.982. The summed E-state index contributed by atoms with van der Waals surface area (Å²) in [6.07, 6.45) is 5.04. The van der Waals surface area contributed by atoms with Gasteiger partial charge in [-0.1, -0.05) is 31.2 Å². The average molecular weight is 463 g/mol. The molecule has 5 heterocycles. The SMILES string of the molecule is COc1ccc(CNC(=O)[C@@H]2[C@H]3C(=O)N4[C@@H](c5ccco5)CC(=O)[C@H](C)[C@@H]4[C@@]34C=C[C@H]2O4)cc1. The van der Waals surface area contributed by atoms with Gasteiger partial charge in [0.25, 0.3) is 0 Å². The molecule has 6 rings (SSSR count). The number of nitrogens with one attached hydrogen (secondary N) is 1. The number of benzene rings is 1. The fourth-order valence-corrected chi connectivity index (χ4v) is 6.31. The molecule has 1 spiro atoms. The Kier molecular flexibility index (Phi) is 4.71. The monoisotopic (exact) mass is 462 g/mol. The highest BCUT2D eigenvalue weighted by Gasteiger charge is 2.74. The number of furan rings is 1. The van der Waals surface area contributed by atoms with E-state index in [4.69, 9.17) is 13.9 Å². The first-order chi connectivity index (χ1) is 16.4. The minimum Gasteiger partial charge on any atom is -0.497 e. The standard InChI is InChI=1S/C26H26N2O6/c1-14-18(29)12-17(19-4-3-11-33-19)28-23(14)26-10-9-20(34-26)21(22(26)25(28)31)24(30)27-13-15-5-7-16(32-2)8-6-15/h3-11,14,17,20-23H,12-13H2,1-2H3,(H,27,30)/t14-,17+,20+,21-,22-,23+,26+/m0/s1. The highest BCUT2D eigenvalue weighted by Crippen LogP contribution is 2.59. The first-order valence-electron chi connectivity index (χ1n) is 11.6. The van der Waals surface area contributed by atoms with Crippen molar-refractivity contribution in [2.75, 3.05) is 7.11 Å². The van der Waals surface area contributed by atoms with Gasteiger partial charge in [0.15, 0.2) is 0 Å². The maximum absolute atomic E-state index is 13.9. The lowest BCUT2D eigenvalue weighted by Gasteiger charge is -2.43. The molecule has 4 aliphatic rings. The topological polar surface area (TPSA) is 98.1 Å². The van der Waals surface area contributed by atoms with Gasteiger partial charge in [-0.3, -0.25) is 14.4 Å². The van der Waals surface area contributed by atoms with Crippen LogP contribution in [-0.4, -0.2) is 47.4 Å². The fourth-order valence-electron chi connectivity index (χ4n) is 6.31. The summed E-state index contributed by atoms with van der Waals surface area (Å²) in [5.41, 5.74) is -0.0553. The lowest BCUT2D eigenvalue weighted by molar-refractivity contribution is -0.148. The molecule has 2 bridgehead atoms. The van der Waals surface area contributed by atoms with Crippen LogP contribution in [0.2, 0.25) is 0 Å². The second-order valence-corrected chi connectivity index (χ2v) is 9.55. The van der Waals surface area contributed by atoms with Gasteiger partial charge in [-0.05, 0) is 29.8 Å². The van der Waals surface area contributed by atoms with Crippen LogP contribution in [0, 0.1) is 17.8 Å². The molecule has 34 heavy (non-hydrogen) atoms. The van der Waals surface area contributed by atoms with Crippen molar-refractivity contribution >= 4 is 17.6 Å². The van der Waals surface area contributed by atoms with Crippen molar-refractivity contribution in [2.45, 2.75) is 43.7 Å². The van der Waals surface area contributed by atoms with Crippen LogP contribution >= 0.6 is 0 Å². The number of ether oxygens (including phenoxy) is 2. The molecule has 2 aromatic rings. The van der Waals surface area contributed by atoms with E-state index in [0.29, 0.717) is 12.3 Å². The molecular formula is C26H26N2O6. The molecule has 2 amide bonds. The predicted octanol–water partition coefficient (Wildman–Crippen LogP) is 2.41. The van der Waals surface area contributed by atoms with Crippen molar-refractivity contribution in [3.8, 4) is 5.75 Å². The molecule has 7 atom stereocenters. The summed E-state index contributed by atoms with van der Waals surface area (Å²) in [4.78, 5) is 42.0. The van der Waals surface area contributed by atoms with E-state index in [1.54, 1.807) is 30.4 Å². The van der Waals surface area contributed by atoms with E-state index in [1.165, 1.54) is 0 Å². The Morgan fingerprint density at radius 3 is 2.74 bits per heavy atom. The molecule has 1 aromatic heterocycles. The Balaban J connectivity index is 1.29. The Morgan fingerprint density at radius 2 is 2.03 bits per heavy atom. The summed E-state index contributed by atoms with van der Waals surface area (Å²) in [6, 6.07) is 10.0. The lowest BCUT2D eigenvalue weighted by Crippen LogP contribution is -2.55. The highest BCUT2D eigenvalue weighted by molar-refractivity contribution is 5.96. The number of piperidine rings is 1. The summed E-state index contributed by atoms with van der Waals surface area (Å²) in [5, 5.41) is 2.98. The van der Waals surface area contributed by atoms with Gasteiger partial charge in [-0.15, -0.1) is 0 Å². The molecule has 0 unspecified atom stereocenters. The summed E-state index contributed by atoms with van der Waals surface area (Å²) < 4.78 is 17.2. The van der Waals surface area contributed by atoms with E-state index in [9.17, 15) is 14.4 Å². The van der Waals surface area contributed by atoms with Gasteiger partial charge in [0.1, 0.15) is 22.9 Å². The zero-order valence-electron chi connectivity index (χ0n) is 19.0. The Labute approximate surface area is 196 Å². The van der Waals surface area contributed by atoms with E-state index in [2.05, 4.69) is 5.32 Å². The number of methoxy groups -OCH3 is 1. The van der Waals surface area contributed by atoms with Gasteiger partial charge in [0, 0.05) is 18.9 Å². The number of hydrogen-bond acceptors (Lipinski definition) is 6. The van der Waals surface area contributed by atoms with Crippen molar-refractivity contribution in [3.63, 3.8) is 0 Å². The fraction of sp³-hybridized carbons (Fsp3) is 0.423. The summed E-state index contributed by atoms with van der Waals surface area (Å²) in [5.74, 6) is -0.709. The first-order valence-corrected chi connectivity index (χ1v) is 11.6. The third-order valence-corrected chi connectivity index (χ3v) is 7.88. The van der Waals surface area contributed by atoms with E-state index in [-0.39, 0.29) is 24.0 Å². The molecule has 176 valence electrons. The average Bonchev–Trinajstić information content (AvgIpc) is 3.62. The Bertz CT molecular complexity index is 1170. The summed E-state index contributed by atoms with van der Waals surface area (Å²) in [6.45, 7) is 2.19. The third-order valence-electron chi connectivity index (χ3n) is 7.88. The normalized spacial score (nSPS) is 35.4. The third kappa shape index (κ3) is 2.84. The van der Waals surface area contributed by atoms with Crippen molar-refractivity contribution in [1.82, 2.24) is 10.2 Å². The van der Waals surface area contributed by atoms with E-state index >= 15 is 0 Å². The van der Waals surface area contributed by atoms with Gasteiger partial charge in [0.05, 0.1) is 43.4 Å². The molecule has 3 saturated heterocycles. The number of nitrogens with zero attached hydrogens (tertiary/aromatic N) is 1. The Morgan fingerprint density at radius 1 is 1.24 bits per heavy atom. The molecule has 0 aliphatic carbocycles.